The first-order valence-electron chi connectivity index (χ1n) is 12.1. The Morgan fingerprint density at radius 3 is 2.49 bits per heavy atom. The minimum Gasteiger partial charge on any atom is -0.463 e. The number of para-hydroxylation sites is 1. The van der Waals surface area contributed by atoms with Crippen molar-refractivity contribution in [2.75, 3.05) is 12.8 Å². The molecule has 0 radical (unpaired) electrons. The standard InChI is InChI=1S/C24H32F2N3O9P/c1-13(2)35-21(32)14(3)11-39(34,38-16-8-6-5-7-9-16)37-15(4)18-19(30)24(27,12-25)22(36-18)29-10-17(26)20(31)28-23(29)33/h5-10,13-15,18-19,22,30H,11-12,27H2,1-4H3,(H,28,31,33)/t14-,15-,18-,19+,22-,24?,39?/m1/s1. The predicted molar refractivity (Wildman–Crippen MR) is 135 cm³/mol. The lowest BCUT2D eigenvalue weighted by molar-refractivity contribution is -0.151. The number of aromatic amines is 1. The summed E-state index contributed by atoms with van der Waals surface area (Å²) in [5, 5.41) is 10.9. The van der Waals surface area contributed by atoms with Crippen LogP contribution in [-0.4, -0.2) is 63.4 Å². The molecule has 0 amide bonds. The van der Waals surface area contributed by atoms with E-state index in [0.717, 1.165) is 0 Å². The number of hydrogen-bond acceptors (Lipinski definition) is 10. The van der Waals surface area contributed by atoms with E-state index in [-0.39, 0.29) is 5.75 Å². The number of hydrogen-bond donors (Lipinski definition) is 3. The van der Waals surface area contributed by atoms with Gasteiger partial charge in [-0.15, -0.1) is 0 Å². The monoisotopic (exact) mass is 575 g/mol. The third kappa shape index (κ3) is 6.82. The average Bonchev–Trinajstić information content (AvgIpc) is 3.12. The molecule has 0 bridgehead atoms. The van der Waals surface area contributed by atoms with E-state index in [2.05, 4.69) is 0 Å². The topological polar surface area (TPSA) is 172 Å². The number of rotatable bonds is 11. The van der Waals surface area contributed by atoms with Crippen LogP contribution in [0.3, 0.4) is 0 Å². The van der Waals surface area contributed by atoms with Crippen molar-refractivity contribution >= 4 is 13.6 Å². The van der Waals surface area contributed by atoms with Crippen molar-refractivity contribution in [1.29, 1.82) is 0 Å². The summed E-state index contributed by atoms with van der Waals surface area (Å²) in [6, 6.07) is 7.98. The van der Waals surface area contributed by atoms with Crippen LogP contribution in [0.5, 0.6) is 5.75 Å². The molecular formula is C24H32F2N3O9P. The number of carbonyl (C=O) groups is 1. The number of esters is 1. The SMILES string of the molecule is CC(C)OC(=O)[C@H](C)CP(=O)(Oc1ccccc1)O[C@H](C)[C@H]1O[C@@H](n2cc(F)c(=O)[nH]c2=O)C(N)(CF)[C@H]1O. The van der Waals surface area contributed by atoms with E-state index in [1.54, 1.807) is 37.0 Å². The summed E-state index contributed by atoms with van der Waals surface area (Å²) in [6.45, 7) is 4.70. The van der Waals surface area contributed by atoms with Crippen LogP contribution in [0.4, 0.5) is 8.78 Å². The van der Waals surface area contributed by atoms with Crippen LogP contribution < -0.4 is 21.5 Å². The number of carbonyl (C=O) groups excluding carboxylic acids is 1. The molecule has 1 saturated heterocycles. The zero-order chi connectivity index (χ0) is 29.1. The molecule has 3 rings (SSSR count). The molecule has 2 heterocycles. The van der Waals surface area contributed by atoms with Gasteiger partial charge in [-0.1, -0.05) is 25.1 Å². The Balaban J connectivity index is 1.91. The second-order valence-electron chi connectivity index (χ2n) is 9.68. The van der Waals surface area contributed by atoms with E-state index in [4.69, 9.17) is 24.3 Å². The summed E-state index contributed by atoms with van der Waals surface area (Å²) in [4.78, 5) is 37.9. The molecule has 12 nitrogen and oxygen atoms in total. The smallest absolute Gasteiger partial charge is 0.380 e. The van der Waals surface area contributed by atoms with E-state index >= 15 is 0 Å². The fourth-order valence-electron chi connectivity index (χ4n) is 4.09. The second kappa shape index (κ2) is 12.1. The molecule has 1 aromatic carbocycles. The lowest BCUT2D eigenvalue weighted by atomic mass is 9.91. The van der Waals surface area contributed by atoms with Gasteiger partial charge in [-0.2, -0.15) is 4.39 Å². The fraction of sp³-hybridized carbons (Fsp3) is 0.542. The lowest BCUT2D eigenvalue weighted by Gasteiger charge is -2.31. The molecule has 0 spiro atoms. The van der Waals surface area contributed by atoms with Crippen LogP contribution in [-0.2, 0) is 23.4 Å². The highest BCUT2D eigenvalue weighted by Gasteiger charge is 2.58. The number of aromatic nitrogens is 2. The van der Waals surface area contributed by atoms with Crippen LogP contribution in [0.25, 0.3) is 0 Å². The van der Waals surface area contributed by atoms with Crippen molar-refractivity contribution in [2.24, 2.45) is 11.7 Å². The molecule has 4 N–H and O–H groups in total. The van der Waals surface area contributed by atoms with Crippen molar-refractivity contribution in [3.63, 3.8) is 0 Å². The maximum atomic E-state index is 14.2. The second-order valence-corrected chi connectivity index (χ2v) is 11.7. The van der Waals surface area contributed by atoms with E-state index in [1.165, 1.54) is 26.0 Å². The minimum absolute atomic E-state index is 0.162. The van der Waals surface area contributed by atoms with Crippen molar-refractivity contribution in [3.05, 3.63) is 63.2 Å². The van der Waals surface area contributed by atoms with Crippen LogP contribution >= 0.6 is 7.60 Å². The predicted octanol–water partition coefficient (Wildman–Crippen LogP) is 1.87. The van der Waals surface area contributed by atoms with Crippen LogP contribution in [0.15, 0.2) is 46.1 Å². The molecule has 1 aromatic heterocycles. The van der Waals surface area contributed by atoms with Gasteiger partial charge in [-0.05, 0) is 32.9 Å². The number of halogens is 2. The number of nitrogens with two attached hydrogens (primary N) is 1. The van der Waals surface area contributed by atoms with Gasteiger partial charge in [0.05, 0.1) is 30.5 Å². The van der Waals surface area contributed by atoms with Gasteiger partial charge in [-0.3, -0.25) is 23.7 Å². The Labute approximate surface area is 222 Å². The molecule has 1 aliphatic heterocycles. The number of H-pyrrole nitrogens is 1. The average molecular weight is 576 g/mol. The highest BCUT2D eigenvalue weighted by Crippen LogP contribution is 2.52. The fourth-order valence-corrected chi connectivity index (χ4v) is 6.18. The first-order valence-corrected chi connectivity index (χ1v) is 13.9. The Kier molecular flexibility index (Phi) is 9.50. The molecular weight excluding hydrogens is 543 g/mol. The zero-order valence-corrected chi connectivity index (χ0v) is 22.7. The van der Waals surface area contributed by atoms with E-state index in [0.29, 0.717) is 10.8 Å². The maximum Gasteiger partial charge on any atom is 0.380 e. The van der Waals surface area contributed by atoms with Gasteiger partial charge >= 0.3 is 19.3 Å². The Hall–Kier alpha value is -2.90. The number of nitrogens with one attached hydrogen (secondary N) is 1. The van der Waals surface area contributed by atoms with Gasteiger partial charge in [-0.25, -0.2) is 13.8 Å². The van der Waals surface area contributed by atoms with Crippen molar-refractivity contribution < 1.29 is 41.8 Å². The van der Waals surface area contributed by atoms with Crippen molar-refractivity contribution in [3.8, 4) is 5.75 Å². The van der Waals surface area contributed by atoms with E-state index in [9.17, 15) is 32.8 Å². The largest absolute Gasteiger partial charge is 0.463 e. The molecule has 1 aliphatic rings. The van der Waals surface area contributed by atoms with Crippen molar-refractivity contribution in [2.45, 2.75) is 63.9 Å². The molecule has 0 aliphatic carbocycles. The van der Waals surface area contributed by atoms with Gasteiger partial charge in [0.2, 0.25) is 5.82 Å². The van der Waals surface area contributed by atoms with Gasteiger partial charge < -0.3 is 24.8 Å². The number of ether oxygens (including phenoxy) is 2. The number of aliphatic hydroxyl groups is 1. The Bertz CT molecular complexity index is 1320. The number of nitrogens with zero attached hydrogens (tertiary/aromatic N) is 1. The first-order chi connectivity index (χ1) is 18.2. The Morgan fingerprint density at radius 2 is 1.90 bits per heavy atom. The summed E-state index contributed by atoms with van der Waals surface area (Å²) in [5.41, 5.74) is 1.32. The molecule has 15 heteroatoms. The van der Waals surface area contributed by atoms with Gasteiger partial charge in [0.1, 0.15) is 30.2 Å². The van der Waals surface area contributed by atoms with E-state index in [1.807, 2.05) is 0 Å². The molecule has 2 aromatic rings. The number of benzene rings is 1. The maximum absolute atomic E-state index is 14.2. The number of aliphatic hydroxyl groups excluding tert-OH is 1. The molecule has 2 unspecified atom stereocenters. The lowest BCUT2D eigenvalue weighted by Crippen LogP contribution is -2.58. The summed E-state index contributed by atoms with van der Waals surface area (Å²) < 4.78 is 64.9. The Morgan fingerprint density at radius 1 is 1.26 bits per heavy atom. The highest BCUT2D eigenvalue weighted by molar-refractivity contribution is 7.54. The molecule has 39 heavy (non-hydrogen) atoms. The quantitative estimate of drug-likeness (QED) is 0.265. The van der Waals surface area contributed by atoms with Gasteiger partial charge in [0.25, 0.3) is 5.56 Å². The summed E-state index contributed by atoms with van der Waals surface area (Å²) in [5.74, 6) is -2.79. The summed E-state index contributed by atoms with van der Waals surface area (Å²) in [7, 11) is -4.20. The summed E-state index contributed by atoms with van der Waals surface area (Å²) in [6.07, 6.45) is -6.80. The first kappa shape index (κ1) is 30.6. The molecule has 0 saturated carbocycles. The zero-order valence-electron chi connectivity index (χ0n) is 21.8. The van der Waals surface area contributed by atoms with Gasteiger partial charge in [0.15, 0.2) is 6.23 Å². The molecule has 1 fully saturated rings. The molecule has 7 atom stereocenters. The van der Waals surface area contributed by atoms with Crippen LogP contribution in [0, 0.1) is 11.7 Å². The number of alkyl halides is 1. The summed E-state index contributed by atoms with van der Waals surface area (Å²) >= 11 is 0. The normalized spacial score (nSPS) is 26.1. The van der Waals surface area contributed by atoms with Crippen LogP contribution in [0.2, 0.25) is 0 Å². The highest BCUT2D eigenvalue weighted by atomic mass is 31.2. The minimum atomic E-state index is -4.20. The van der Waals surface area contributed by atoms with Crippen LogP contribution in [0.1, 0.15) is 33.9 Å². The van der Waals surface area contributed by atoms with E-state index < -0.39 is 85.6 Å². The third-order valence-electron chi connectivity index (χ3n) is 6.04. The van der Waals surface area contributed by atoms with Gasteiger partial charge in [0, 0.05) is 0 Å². The van der Waals surface area contributed by atoms with Crippen molar-refractivity contribution in [1.82, 2.24) is 9.55 Å². The molecule has 216 valence electrons. The third-order valence-corrected chi connectivity index (χ3v) is 8.18.